The minimum Gasteiger partial charge on any atom is -0.455 e. The molecule has 0 atom stereocenters. The van der Waals surface area contributed by atoms with Crippen molar-refractivity contribution in [1.82, 2.24) is 0 Å². The average molecular weight is 1670 g/mol. The first-order valence-corrected chi connectivity index (χ1v) is 45.2. The van der Waals surface area contributed by atoms with Gasteiger partial charge in [-0.2, -0.15) is 0 Å². The Hall–Kier alpha value is -16.9. The molecule has 612 valence electrons. The lowest BCUT2D eigenvalue weighted by molar-refractivity contribution is 0.661. The van der Waals surface area contributed by atoms with E-state index in [2.05, 4.69) is 414 Å². The summed E-state index contributed by atoms with van der Waals surface area (Å²) in [6.07, 6.45) is 0. The molecule has 4 nitrogen and oxygen atoms in total. The lowest BCUT2D eigenvalue weighted by Gasteiger charge is -2.22. The molecular weight excluding hydrogens is 1590 g/mol. The van der Waals surface area contributed by atoms with E-state index in [0.29, 0.717) is 0 Å². The monoisotopic (exact) mass is 1670 g/mol. The standard InChI is InChI=1S/C45H32.C44H26O2.C38H22O2/c1-45(2)41-28-34(24-25-35(41)40-26-32-14-6-7-15-33(32)27-42(40)45)29-20-22-31(23-21-29)44-38-18-10-8-16-36(38)43(30-12-4-3-5-13-30)37-17-9-11-19-39(37)44;1-2-13-27(14-3-1)40-31-18-4-6-20-33(31)41(34-21-7-5-19-32(34)40)29-16-12-15-28(25-29)36-26-37-30-17-8-10-23-38(30)45-44(37)42-35-22-9-11-24-39(35)46-43(36)42;1-2-12-23(13-3-1)34-25-15-4-6-17-27(25)35(28-18-7-5-16-26(28)34)31-22-30-24-14-8-10-20-32(24)39-37(30)36-29-19-9-11-21-33(29)40-38(31)36/h3-28H,1-2H3;1-26H;1-22H. The van der Waals surface area contributed by atoms with Crippen molar-refractivity contribution >= 4 is 163 Å². The number of hydrogen-bond donors (Lipinski definition) is 0. The molecule has 0 unspecified atom stereocenters. The summed E-state index contributed by atoms with van der Waals surface area (Å²) in [5, 5.41) is 26.2. The zero-order valence-corrected chi connectivity index (χ0v) is 71.9. The summed E-state index contributed by atoms with van der Waals surface area (Å²) in [6, 6.07) is 161. The van der Waals surface area contributed by atoms with Crippen molar-refractivity contribution in [2.75, 3.05) is 0 Å². The molecule has 4 heterocycles. The van der Waals surface area contributed by atoms with Gasteiger partial charge in [-0.1, -0.05) is 402 Å². The zero-order chi connectivity index (χ0) is 86.5. The molecule has 0 spiro atoms. The predicted molar refractivity (Wildman–Crippen MR) is 552 cm³/mol. The summed E-state index contributed by atoms with van der Waals surface area (Å²) in [7, 11) is 0. The maximum absolute atomic E-state index is 6.69. The summed E-state index contributed by atoms with van der Waals surface area (Å²) in [6.45, 7) is 4.74. The molecular formula is C127H80O4. The molecule has 0 saturated heterocycles. The van der Waals surface area contributed by atoms with Crippen molar-refractivity contribution in [2.24, 2.45) is 0 Å². The number of benzene rings is 23. The van der Waals surface area contributed by atoms with Crippen LogP contribution in [0.1, 0.15) is 25.0 Å². The summed E-state index contributed by atoms with van der Waals surface area (Å²) < 4.78 is 26.3. The third-order valence-corrected chi connectivity index (χ3v) is 27.7. The fourth-order valence-corrected chi connectivity index (χ4v) is 21.8. The predicted octanol–water partition coefficient (Wildman–Crippen LogP) is 36.4. The van der Waals surface area contributed by atoms with E-state index in [1.54, 1.807) is 0 Å². The van der Waals surface area contributed by atoms with Crippen LogP contribution in [-0.4, -0.2) is 0 Å². The molecule has 0 bridgehead atoms. The van der Waals surface area contributed by atoms with Gasteiger partial charge in [-0.05, 0) is 231 Å². The molecule has 0 aliphatic heterocycles. The van der Waals surface area contributed by atoms with E-state index in [9.17, 15) is 0 Å². The number of para-hydroxylation sites is 4. The van der Waals surface area contributed by atoms with Gasteiger partial charge in [-0.25, -0.2) is 0 Å². The number of fused-ring (bicyclic) bond motifs is 24. The second kappa shape index (κ2) is 30.1. The van der Waals surface area contributed by atoms with E-state index in [1.807, 2.05) is 48.5 Å². The molecule has 0 radical (unpaired) electrons. The number of furan rings is 4. The van der Waals surface area contributed by atoms with Crippen LogP contribution in [0, 0.1) is 0 Å². The first-order valence-electron chi connectivity index (χ1n) is 45.2. The van der Waals surface area contributed by atoms with Gasteiger partial charge in [0.15, 0.2) is 0 Å². The van der Waals surface area contributed by atoms with Gasteiger partial charge in [0.05, 0.1) is 10.8 Å². The van der Waals surface area contributed by atoms with Crippen LogP contribution in [0.15, 0.2) is 467 Å². The second-order valence-electron chi connectivity index (χ2n) is 35.3. The van der Waals surface area contributed by atoms with E-state index >= 15 is 0 Å². The highest BCUT2D eigenvalue weighted by atomic mass is 16.4. The van der Waals surface area contributed by atoms with Gasteiger partial charge < -0.3 is 17.7 Å². The van der Waals surface area contributed by atoms with Crippen LogP contribution < -0.4 is 0 Å². The quantitative estimate of drug-likeness (QED) is 0.142. The van der Waals surface area contributed by atoms with Crippen molar-refractivity contribution < 1.29 is 17.7 Å². The molecule has 0 saturated carbocycles. The first-order chi connectivity index (χ1) is 64.8. The van der Waals surface area contributed by atoms with Crippen molar-refractivity contribution in [2.45, 2.75) is 19.3 Å². The van der Waals surface area contributed by atoms with Gasteiger partial charge in [0.2, 0.25) is 0 Å². The molecule has 0 fully saturated rings. The van der Waals surface area contributed by atoms with E-state index in [0.717, 1.165) is 104 Å². The molecule has 0 N–H and O–H groups in total. The molecule has 4 aromatic heterocycles. The van der Waals surface area contributed by atoms with Gasteiger partial charge in [0.1, 0.15) is 44.7 Å². The Labute approximate surface area is 755 Å². The van der Waals surface area contributed by atoms with Crippen molar-refractivity contribution in [1.29, 1.82) is 0 Å². The maximum atomic E-state index is 6.69. The molecule has 131 heavy (non-hydrogen) atoms. The Morgan fingerprint density at radius 3 is 0.855 bits per heavy atom. The fraction of sp³-hybridized carbons (Fsp3) is 0.0236. The molecule has 1 aliphatic rings. The summed E-state index contributed by atoms with van der Waals surface area (Å²) >= 11 is 0. The highest BCUT2D eigenvalue weighted by molar-refractivity contribution is 6.31. The van der Waals surface area contributed by atoms with Gasteiger partial charge in [0.25, 0.3) is 0 Å². The Bertz CT molecular complexity index is 9190. The van der Waals surface area contributed by atoms with Crippen LogP contribution in [0.2, 0.25) is 0 Å². The summed E-state index contributed by atoms with van der Waals surface area (Å²) in [4.78, 5) is 0. The molecule has 27 aromatic rings. The van der Waals surface area contributed by atoms with Crippen molar-refractivity contribution in [3.8, 4) is 100 Å². The van der Waals surface area contributed by atoms with Crippen LogP contribution >= 0.6 is 0 Å². The Balaban J connectivity index is 0.000000103. The average Bonchev–Trinajstić information content (AvgIpc) is 1.60. The number of hydrogen-bond acceptors (Lipinski definition) is 4. The Morgan fingerprint density at radius 1 is 0.153 bits per heavy atom. The largest absolute Gasteiger partial charge is 0.455 e. The lowest BCUT2D eigenvalue weighted by Crippen LogP contribution is -2.15. The third-order valence-electron chi connectivity index (χ3n) is 27.7. The lowest BCUT2D eigenvalue weighted by atomic mass is 9.81. The van der Waals surface area contributed by atoms with Gasteiger partial charge in [0, 0.05) is 54.4 Å². The minimum atomic E-state index is -0.0526. The number of rotatable bonds is 8. The van der Waals surface area contributed by atoms with Gasteiger partial charge in [-0.3, -0.25) is 0 Å². The summed E-state index contributed by atoms with van der Waals surface area (Å²) in [5.74, 6) is 0. The van der Waals surface area contributed by atoms with Crippen molar-refractivity contribution in [3.63, 3.8) is 0 Å². The molecule has 4 heteroatoms. The van der Waals surface area contributed by atoms with Crippen molar-refractivity contribution in [3.05, 3.63) is 460 Å². The molecule has 0 amide bonds. The Morgan fingerprint density at radius 2 is 0.435 bits per heavy atom. The summed E-state index contributed by atoms with van der Waals surface area (Å²) in [5.41, 5.74) is 31.8. The van der Waals surface area contributed by atoms with Crippen LogP contribution in [0.25, 0.3) is 263 Å². The molecule has 1 aliphatic carbocycles. The Kier molecular flexibility index (Phi) is 17.4. The second-order valence-corrected chi connectivity index (χ2v) is 35.3. The zero-order valence-electron chi connectivity index (χ0n) is 71.9. The normalized spacial score (nSPS) is 12.4. The SMILES string of the molecule is CC1(C)c2cc(-c3ccc(-c4c5ccccc5c(-c5ccccc5)c5ccccc45)cc3)ccc2-c2cc3ccccc3cc21.c1ccc(-c2c3ccccc3c(-c3cc4c5ccccc5oc4c4c3oc3ccccc34)c3ccccc23)cc1.c1ccc(-c2c3ccccc3c(-c3cccc(-c4cc5c6ccccc6oc5c5c4oc4ccccc45)c3)c3ccccc23)cc1. The smallest absolute Gasteiger partial charge is 0.147 e. The first kappa shape index (κ1) is 75.4. The minimum absolute atomic E-state index is 0.0526. The van der Waals surface area contributed by atoms with E-state index in [4.69, 9.17) is 17.7 Å². The van der Waals surface area contributed by atoms with Gasteiger partial charge in [-0.15, -0.1) is 0 Å². The van der Waals surface area contributed by atoms with Crippen LogP contribution in [0.4, 0.5) is 0 Å². The van der Waals surface area contributed by atoms with Crippen LogP contribution in [-0.2, 0) is 5.41 Å². The molecule has 28 rings (SSSR count). The molecule has 23 aromatic carbocycles. The highest BCUT2D eigenvalue weighted by Crippen LogP contribution is 2.55. The topological polar surface area (TPSA) is 52.6 Å². The fourth-order valence-electron chi connectivity index (χ4n) is 21.8. The van der Waals surface area contributed by atoms with E-state index in [1.165, 1.54) is 170 Å². The van der Waals surface area contributed by atoms with Gasteiger partial charge >= 0.3 is 0 Å². The van der Waals surface area contributed by atoms with Crippen LogP contribution in [0.5, 0.6) is 0 Å². The third kappa shape index (κ3) is 12.0. The highest BCUT2D eigenvalue weighted by Gasteiger charge is 2.37. The van der Waals surface area contributed by atoms with E-state index < -0.39 is 0 Å². The van der Waals surface area contributed by atoms with E-state index in [-0.39, 0.29) is 5.41 Å². The maximum Gasteiger partial charge on any atom is 0.147 e. The van der Waals surface area contributed by atoms with Crippen LogP contribution in [0.3, 0.4) is 0 Å².